The molecule has 0 unspecified atom stereocenters. The van der Waals surface area contributed by atoms with Gasteiger partial charge in [-0.3, -0.25) is 10.1 Å². The molecule has 1 aromatic carbocycles. The molecule has 5 heteroatoms. The van der Waals surface area contributed by atoms with Gasteiger partial charge in [0.2, 0.25) is 0 Å². The number of nitro benzene ring substituents is 1. The van der Waals surface area contributed by atoms with E-state index in [-0.39, 0.29) is 10.6 Å². The second-order valence-electron chi connectivity index (χ2n) is 7.29. The van der Waals surface area contributed by atoms with Gasteiger partial charge in [0.1, 0.15) is 0 Å². The molecular formula is C17H22N2O2S. The first kappa shape index (κ1) is 15.5. The minimum absolute atomic E-state index is 0.118. The molecule has 118 valence electrons. The van der Waals surface area contributed by atoms with E-state index in [0.29, 0.717) is 16.1 Å². The SMILES string of the molecule is CC1(C)[C@H]2CC[C@]1(C)[C@@H](S/N=C/c1ccc([N+](=O)[O-])cc1)C2. The van der Waals surface area contributed by atoms with Crippen molar-refractivity contribution in [3.8, 4) is 0 Å². The maximum absolute atomic E-state index is 10.6. The molecule has 2 aliphatic rings. The summed E-state index contributed by atoms with van der Waals surface area (Å²) in [7, 11) is 0. The van der Waals surface area contributed by atoms with E-state index in [0.717, 1.165) is 11.5 Å². The quantitative estimate of drug-likeness (QED) is 0.344. The molecule has 0 heterocycles. The number of non-ortho nitro benzene ring substituents is 1. The number of nitrogens with zero attached hydrogens (tertiary/aromatic N) is 2. The van der Waals surface area contributed by atoms with Crippen molar-refractivity contribution in [2.75, 3.05) is 0 Å². The zero-order valence-electron chi connectivity index (χ0n) is 13.3. The minimum atomic E-state index is -0.381. The van der Waals surface area contributed by atoms with Crippen molar-refractivity contribution in [2.45, 2.75) is 45.3 Å². The molecule has 0 N–H and O–H groups in total. The third-order valence-electron chi connectivity index (χ3n) is 6.21. The zero-order chi connectivity index (χ0) is 16.0. The Balaban J connectivity index is 1.65. The minimum Gasteiger partial charge on any atom is -0.258 e. The predicted molar refractivity (Wildman–Crippen MR) is 91.3 cm³/mol. The van der Waals surface area contributed by atoms with Crippen LogP contribution < -0.4 is 0 Å². The zero-order valence-corrected chi connectivity index (χ0v) is 14.1. The molecule has 4 nitrogen and oxygen atoms in total. The van der Waals surface area contributed by atoms with Crippen LogP contribution in [0.15, 0.2) is 28.7 Å². The lowest BCUT2D eigenvalue weighted by Crippen LogP contribution is -2.33. The summed E-state index contributed by atoms with van der Waals surface area (Å²) in [6.45, 7) is 7.23. The summed E-state index contributed by atoms with van der Waals surface area (Å²) in [6, 6.07) is 6.53. The van der Waals surface area contributed by atoms with Gasteiger partial charge in [-0.15, -0.1) is 0 Å². The van der Waals surface area contributed by atoms with E-state index in [1.165, 1.54) is 31.4 Å². The van der Waals surface area contributed by atoms with Gasteiger partial charge in [0, 0.05) is 23.6 Å². The fourth-order valence-electron chi connectivity index (χ4n) is 4.14. The van der Waals surface area contributed by atoms with Crippen LogP contribution >= 0.6 is 11.9 Å². The summed E-state index contributed by atoms with van der Waals surface area (Å²) >= 11 is 1.69. The maximum Gasteiger partial charge on any atom is 0.269 e. The lowest BCUT2D eigenvalue weighted by atomic mass is 9.71. The molecule has 0 spiro atoms. The summed E-state index contributed by atoms with van der Waals surface area (Å²) in [5.74, 6) is 0.824. The first-order valence-corrected chi connectivity index (χ1v) is 8.62. The number of benzene rings is 1. The molecule has 3 atom stereocenters. The smallest absolute Gasteiger partial charge is 0.258 e. The molecule has 2 bridgehead atoms. The van der Waals surface area contributed by atoms with Gasteiger partial charge in [-0.2, -0.15) is 0 Å². The van der Waals surface area contributed by atoms with Crippen LogP contribution in [-0.4, -0.2) is 16.4 Å². The lowest BCUT2D eigenvalue weighted by molar-refractivity contribution is -0.384. The molecule has 2 aliphatic carbocycles. The standard InChI is InChI=1S/C17H22N2O2S/c1-16(2)13-8-9-17(16,3)15(10-13)22-18-11-12-4-6-14(7-5-12)19(20)21/h4-7,11,13,15H,8-10H2,1-3H3/b18-11+/t13-,15-,17+/m0/s1. The summed E-state index contributed by atoms with van der Waals surface area (Å²) in [6.07, 6.45) is 5.73. The van der Waals surface area contributed by atoms with Crippen LogP contribution in [0.5, 0.6) is 0 Å². The van der Waals surface area contributed by atoms with E-state index in [2.05, 4.69) is 25.2 Å². The van der Waals surface area contributed by atoms with Gasteiger partial charge in [0.25, 0.3) is 5.69 Å². The third-order valence-corrected chi connectivity index (χ3v) is 7.40. The maximum atomic E-state index is 10.6. The van der Waals surface area contributed by atoms with Crippen molar-refractivity contribution in [3.05, 3.63) is 39.9 Å². The van der Waals surface area contributed by atoms with Crippen LogP contribution in [0.4, 0.5) is 5.69 Å². The molecule has 0 radical (unpaired) electrons. The third kappa shape index (κ3) is 2.35. The first-order valence-electron chi connectivity index (χ1n) is 7.78. The monoisotopic (exact) mass is 318 g/mol. The van der Waals surface area contributed by atoms with Crippen molar-refractivity contribution in [1.82, 2.24) is 0 Å². The molecule has 1 aromatic rings. The fraction of sp³-hybridized carbons (Fsp3) is 0.588. The topological polar surface area (TPSA) is 55.5 Å². The molecule has 0 aliphatic heterocycles. The highest BCUT2D eigenvalue weighted by Gasteiger charge is 2.61. The van der Waals surface area contributed by atoms with Crippen LogP contribution in [0.3, 0.4) is 0 Å². The Morgan fingerprint density at radius 2 is 2.00 bits per heavy atom. The molecule has 2 fully saturated rings. The molecule has 0 amide bonds. The predicted octanol–water partition coefficient (Wildman–Crippen LogP) is 4.88. The van der Waals surface area contributed by atoms with Crippen LogP contribution in [0.25, 0.3) is 0 Å². The van der Waals surface area contributed by atoms with Crippen molar-refractivity contribution in [1.29, 1.82) is 0 Å². The van der Waals surface area contributed by atoms with Gasteiger partial charge in [-0.25, -0.2) is 4.40 Å². The van der Waals surface area contributed by atoms with E-state index in [4.69, 9.17) is 0 Å². The van der Waals surface area contributed by atoms with Gasteiger partial charge in [0.05, 0.1) is 4.92 Å². The molecule has 0 saturated heterocycles. The summed E-state index contributed by atoms with van der Waals surface area (Å²) in [5.41, 5.74) is 1.81. The van der Waals surface area contributed by atoms with Gasteiger partial charge < -0.3 is 0 Å². The Labute approximate surface area is 135 Å². The Hall–Kier alpha value is -1.36. The fourth-order valence-corrected chi connectivity index (χ4v) is 5.44. The van der Waals surface area contributed by atoms with Crippen molar-refractivity contribution >= 4 is 23.8 Å². The molecule has 0 aromatic heterocycles. The van der Waals surface area contributed by atoms with Gasteiger partial charge in [-0.05, 0) is 65.7 Å². The normalized spacial score (nSPS) is 32.7. The van der Waals surface area contributed by atoms with E-state index in [1.54, 1.807) is 24.1 Å². The highest BCUT2D eigenvalue weighted by Crippen LogP contribution is 2.68. The van der Waals surface area contributed by atoms with Crippen LogP contribution in [0, 0.1) is 26.9 Å². The Morgan fingerprint density at radius 1 is 1.32 bits per heavy atom. The highest BCUT2D eigenvalue weighted by atomic mass is 32.2. The number of fused-ring (bicyclic) bond motifs is 2. The number of nitro groups is 1. The van der Waals surface area contributed by atoms with E-state index in [1.807, 2.05) is 6.21 Å². The molecule has 2 saturated carbocycles. The van der Waals surface area contributed by atoms with Crippen LogP contribution in [0.1, 0.15) is 45.6 Å². The Morgan fingerprint density at radius 3 is 2.50 bits per heavy atom. The lowest BCUT2D eigenvalue weighted by Gasteiger charge is -2.38. The van der Waals surface area contributed by atoms with E-state index in [9.17, 15) is 10.1 Å². The Kier molecular flexibility index (Phi) is 3.79. The van der Waals surface area contributed by atoms with Gasteiger partial charge >= 0.3 is 0 Å². The van der Waals surface area contributed by atoms with Crippen molar-refractivity contribution in [3.63, 3.8) is 0 Å². The Bertz CT molecular complexity index is 612. The van der Waals surface area contributed by atoms with Crippen LogP contribution in [-0.2, 0) is 0 Å². The summed E-state index contributed by atoms with van der Waals surface area (Å²) in [4.78, 5) is 10.3. The van der Waals surface area contributed by atoms with E-state index < -0.39 is 0 Å². The molecule has 22 heavy (non-hydrogen) atoms. The number of rotatable bonds is 4. The second-order valence-corrected chi connectivity index (χ2v) is 8.28. The average molecular weight is 318 g/mol. The average Bonchev–Trinajstić information content (AvgIpc) is 2.81. The molecular weight excluding hydrogens is 296 g/mol. The highest BCUT2D eigenvalue weighted by molar-refractivity contribution is 7.98. The largest absolute Gasteiger partial charge is 0.269 e. The first-order chi connectivity index (χ1) is 10.3. The molecule has 3 rings (SSSR count). The summed E-state index contributed by atoms with van der Waals surface area (Å²) in [5, 5.41) is 11.2. The van der Waals surface area contributed by atoms with E-state index >= 15 is 0 Å². The van der Waals surface area contributed by atoms with Gasteiger partial charge in [-0.1, -0.05) is 20.8 Å². The van der Waals surface area contributed by atoms with Crippen LogP contribution in [0.2, 0.25) is 0 Å². The summed E-state index contributed by atoms with van der Waals surface area (Å²) < 4.78 is 4.55. The van der Waals surface area contributed by atoms with Gasteiger partial charge in [0.15, 0.2) is 0 Å². The van der Waals surface area contributed by atoms with Crippen molar-refractivity contribution < 1.29 is 4.92 Å². The number of hydrogen-bond donors (Lipinski definition) is 0. The number of hydrogen-bond acceptors (Lipinski definition) is 4. The van der Waals surface area contributed by atoms with Crippen molar-refractivity contribution in [2.24, 2.45) is 21.1 Å². The second kappa shape index (κ2) is 5.37.